The predicted octanol–water partition coefficient (Wildman–Crippen LogP) is 2.02. The molecule has 9 nitrogen and oxygen atoms in total. The molecule has 4 unspecified atom stereocenters. The van der Waals surface area contributed by atoms with Crippen LogP contribution in [0.5, 0.6) is 0 Å². The molecule has 1 amide bonds. The third-order valence-electron chi connectivity index (χ3n) is 5.81. The molecule has 1 fully saturated rings. The van der Waals surface area contributed by atoms with Gasteiger partial charge in [-0.2, -0.15) is 0 Å². The smallest absolute Gasteiger partial charge is 0.239 e. The Bertz CT molecular complexity index is 921. The lowest BCUT2D eigenvalue weighted by atomic mass is 10.00. The van der Waals surface area contributed by atoms with E-state index in [1.54, 1.807) is 0 Å². The number of halogens is 1. The van der Waals surface area contributed by atoms with Gasteiger partial charge in [-0.25, -0.2) is 9.97 Å². The van der Waals surface area contributed by atoms with Crippen LogP contribution in [0.1, 0.15) is 19.7 Å². The molecular formula is C23H34ClN7O2S. The number of allylic oxidation sites excluding steroid dienone is 2. The van der Waals surface area contributed by atoms with E-state index in [2.05, 4.69) is 30.4 Å². The molecule has 2 heterocycles. The van der Waals surface area contributed by atoms with Crippen LogP contribution in [0.25, 0.3) is 0 Å². The summed E-state index contributed by atoms with van der Waals surface area (Å²) in [7, 11) is 0. The van der Waals surface area contributed by atoms with E-state index in [1.807, 2.05) is 45.1 Å². The fourth-order valence-electron chi connectivity index (χ4n) is 3.98. The summed E-state index contributed by atoms with van der Waals surface area (Å²) in [5, 5.41) is 22.1. The first-order chi connectivity index (χ1) is 16.3. The molecule has 1 aliphatic carbocycles. The lowest BCUT2D eigenvalue weighted by molar-refractivity contribution is -0.119. The van der Waals surface area contributed by atoms with Crippen LogP contribution >= 0.6 is 23.4 Å². The molecule has 1 aromatic rings. The van der Waals surface area contributed by atoms with E-state index < -0.39 is 5.25 Å². The minimum absolute atomic E-state index is 0.171. The topological polar surface area (TPSA) is 117 Å². The number of aryl methyl sites for hydroxylation is 1. The average molecular weight is 508 g/mol. The molecule has 0 radical (unpaired) electrons. The fraction of sp³-hybridized carbons (Fsp3) is 0.565. The number of anilines is 2. The molecule has 4 N–H and O–H groups in total. The second kappa shape index (κ2) is 12.5. The molecule has 0 aromatic carbocycles. The molecule has 1 saturated heterocycles. The van der Waals surface area contributed by atoms with Crippen LogP contribution in [0, 0.1) is 12.3 Å². The normalized spacial score (nSPS) is 22.6. The Morgan fingerprint density at radius 3 is 2.74 bits per heavy atom. The summed E-state index contributed by atoms with van der Waals surface area (Å²) in [6.45, 7) is 10.0. The van der Waals surface area contributed by atoms with Crippen molar-refractivity contribution in [3.05, 3.63) is 35.7 Å². The van der Waals surface area contributed by atoms with Crippen molar-refractivity contribution in [3.8, 4) is 0 Å². The Kier molecular flexibility index (Phi) is 9.75. The zero-order valence-corrected chi connectivity index (χ0v) is 21.4. The molecule has 34 heavy (non-hydrogen) atoms. The van der Waals surface area contributed by atoms with Gasteiger partial charge < -0.3 is 26.0 Å². The summed E-state index contributed by atoms with van der Waals surface area (Å²) >= 11 is 7.69. The van der Waals surface area contributed by atoms with Gasteiger partial charge in [-0.1, -0.05) is 18.2 Å². The number of rotatable bonds is 10. The van der Waals surface area contributed by atoms with E-state index >= 15 is 0 Å². The lowest BCUT2D eigenvalue weighted by Gasteiger charge is -2.35. The van der Waals surface area contributed by atoms with Gasteiger partial charge in [-0.3, -0.25) is 9.69 Å². The Hall–Kier alpha value is -2.14. The molecule has 3 rings (SSSR count). The van der Waals surface area contributed by atoms with Crippen LogP contribution < -0.4 is 15.5 Å². The van der Waals surface area contributed by atoms with Gasteiger partial charge >= 0.3 is 0 Å². The number of carbonyl (C=O) groups excluding carboxylic acids is 1. The first-order valence-corrected chi connectivity index (χ1v) is 12.8. The fourth-order valence-corrected chi connectivity index (χ4v) is 5.22. The maximum atomic E-state index is 12.8. The second-order valence-electron chi connectivity index (χ2n) is 8.45. The molecule has 0 bridgehead atoms. The van der Waals surface area contributed by atoms with Gasteiger partial charge in [0.25, 0.3) is 0 Å². The van der Waals surface area contributed by atoms with Crippen molar-refractivity contribution >= 4 is 47.1 Å². The standard InChI is InChI=1S/C23H34ClN7O2S/c1-15-5-4-6-18(24)22(15)29-23(33)19(14-25)34-17(3)28-20-13-21(27-16(2)26-20)31-9-7-30(8-10-31)11-12-32/h4-6,13-14,17-19,22,25,32H,7-12H2,1-3H3,(H,29,33)(H,26,27,28). The van der Waals surface area contributed by atoms with Crippen molar-refractivity contribution in [1.82, 2.24) is 20.2 Å². The largest absolute Gasteiger partial charge is 0.395 e. The summed E-state index contributed by atoms with van der Waals surface area (Å²) in [6, 6.07) is 1.64. The number of piperazine rings is 1. The Morgan fingerprint density at radius 1 is 1.35 bits per heavy atom. The first kappa shape index (κ1) is 26.5. The van der Waals surface area contributed by atoms with Gasteiger partial charge in [0.15, 0.2) is 0 Å². The molecule has 2 aliphatic rings. The number of β-amino-alcohol motifs (C(OH)–C–C–N with tert-alkyl or cyclic N) is 1. The highest BCUT2D eigenvalue weighted by Crippen LogP contribution is 2.24. The van der Waals surface area contributed by atoms with Crippen molar-refractivity contribution in [2.45, 2.75) is 42.8 Å². The number of hydrogen-bond acceptors (Lipinski definition) is 9. The van der Waals surface area contributed by atoms with Crippen molar-refractivity contribution in [1.29, 1.82) is 5.41 Å². The van der Waals surface area contributed by atoms with Crippen molar-refractivity contribution in [3.63, 3.8) is 0 Å². The van der Waals surface area contributed by atoms with Gasteiger partial charge in [0.1, 0.15) is 22.7 Å². The highest BCUT2D eigenvalue weighted by atomic mass is 35.5. The Balaban J connectivity index is 1.58. The van der Waals surface area contributed by atoms with Crippen LogP contribution in [-0.4, -0.2) is 93.5 Å². The molecule has 0 saturated carbocycles. The average Bonchev–Trinajstić information content (AvgIpc) is 2.80. The van der Waals surface area contributed by atoms with E-state index in [9.17, 15) is 4.79 Å². The van der Waals surface area contributed by atoms with E-state index in [-0.39, 0.29) is 29.3 Å². The third-order valence-corrected chi connectivity index (χ3v) is 7.38. The molecule has 1 aliphatic heterocycles. The highest BCUT2D eigenvalue weighted by molar-refractivity contribution is 8.01. The number of aliphatic hydroxyl groups excluding tert-OH is 1. The van der Waals surface area contributed by atoms with Crippen molar-refractivity contribution in [2.75, 3.05) is 49.5 Å². The van der Waals surface area contributed by atoms with Gasteiger partial charge in [0.2, 0.25) is 5.91 Å². The summed E-state index contributed by atoms with van der Waals surface area (Å²) in [6.07, 6.45) is 6.82. The van der Waals surface area contributed by atoms with Crippen LogP contribution in [0.15, 0.2) is 29.9 Å². The highest BCUT2D eigenvalue weighted by Gasteiger charge is 2.27. The number of amides is 1. The number of aliphatic hydroxyl groups is 1. The van der Waals surface area contributed by atoms with Gasteiger partial charge in [0.05, 0.1) is 23.4 Å². The summed E-state index contributed by atoms with van der Waals surface area (Å²) < 4.78 is 0. The van der Waals surface area contributed by atoms with Gasteiger partial charge in [-0.05, 0) is 26.3 Å². The van der Waals surface area contributed by atoms with Gasteiger partial charge in [-0.15, -0.1) is 23.4 Å². The number of thioether (sulfide) groups is 1. The maximum absolute atomic E-state index is 12.8. The number of carbonyl (C=O) groups is 1. The number of alkyl halides is 1. The molecule has 11 heteroatoms. The zero-order valence-electron chi connectivity index (χ0n) is 19.9. The predicted molar refractivity (Wildman–Crippen MR) is 140 cm³/mol. The lowest BCUT2D eigenvalue weighted by Crippen LogP contribution is -2.47. The molecule has 186 valence electrons. The maximum Gasteiger partial charge on any atom is 0.239 e. The van der Waals surface area contributed by atoms with E-state index in [0.717, 1.165) is 43.8 Å². The summed E-state index contributed by atoms with van der Waals surface area (Å²) in [4.78, 5) is 26.4. The number of nitrogens with one attached hydrogen (secondary N) is 3. The van der Waals surface area contributed by atoms with Crippen LogP contribution in [-0.2, 0) is 4.79 Å². The Morgan fingerprint density at radius 2 is 2.09 bits per heavy atom. The van der Waals surface area contributed by atoms with Crippen LogP contribution in [0.2, 0.25) is 0 Å². The van der Waals surface area contributed by atoms with Crippen LogP contribution in [0.4, 0.5) is 11.6 Å². The summed E-state index contributed by atoms with van der Waals surface area (Å²) in [5.41, 5.74) is 0.983. The third kappa shape index (κ3) is 7.18. The molecule has 0 spiro atoms. The van der Waals surface area contributed by atoms with Crippen molar-refractivity contribution in [2.24, 2.45) is 0 Å². The minimum atomic E-state index is -0.660. The number of aromatic nitrogens is 2. The monoisotopic (exact) mass is 507 g/mol. The minimum Gasteiger partial charge on any atom is -0.395 e. The van der Waals surface area contributed by atoms with E-state index in [1.165, 1.54) is 11.8 Å². The number of nitrogens with zero attached hydrogens (tertiary/aromatic N) is 4. The van der Waals surface area contributed by atoms with Crippen molar-refractivity contribution < 1.29 is 9.90 Å². The van der Waals surface area contributed by atoms with Crippen LogP contribution in [0.3, 0.4) is 0 Å². The number of hydrogen-bond donors (Lipinski definition) is 4. The second-order valence-corrected chi connectivity index (χ2v) is 10.4. The summed E-state index contributed by atoms with van der Waals surface area (Å²) in [5.74, 6) is 1.96. The van der Waals surface area contributed by atoms with E-state index in [0.29, 0.717) is 18.2 Å². The zero-order chi connectivity index (χ0) is 24.7. The molecule has 1 aromatic heterocycles. The quantitative estimate of drug-likeness (QED) is 0.216. The first-order valence-electron chi connectivity index (χ1n) is 11.5. The molecular weight excluding hydrogens is 474 g/mol. The van der Waals surface area contributed by atoms with E-state index in [4.69, 9.17) is 22.1 Å². The Labute approximate surface area is 210 Å². The SMILES string of the molecule is CC1=CC=CC(Cl)C1NC(=O)C(C=N)SC(C)Nc1cc(N2CCN(CCO)CC2)nc(C)n1. The molecule has 4 atom stereocenters. The van der Waals surface area contributed by atoms with Gasteiger partial charge in [0, 0.05) is 45.0 Å².